The van der Waals surface area contributed by atoms with E-state index in [1.54, 1.807) is 12.1 Å². The van der Waals surface area contributed by atoms with E-state index in [1.807, 2.05) is 31.2 Å². The zero-order valence-corrected chi connectivity index (χ0v) is 10.4. The highest BCUT2D eigenvalue weighted by atomic mass is 19.1. The molecule has 0 amide bonds. The van der Waals surface area contributed by atoms with Gasteiger partial charge in [-0.1, -0.05) is 24.3 Å². The molecule has 3 rings (SSSR count). The number of halogens is 1. The Morgan fingerprint density at radius 3 is 2.58 bits per heavy atom. The molecule has 0 fully saturated rings. The summed E-state index contributed by atoms with van der Waals surface area (Å²) in [6.07, 6.45) is 0. The molecule has 0 radical (unpaired) electrons. The molecule has 0 unspecified atom stereocenters. The minimum absolute atomic E-state index is 0.226. The fourth-order valence-electron chi connectivity index (χ4n) is 2.33. The minimum atomic E-state index is -0.356. The molecular formula is C16H12FNO. The summed E-state index contributed by atoms with van der Waals surface area (Å²) in [6.45, 7) is 1.99. The van der Waals surface area contributed by atoms with Crippen molar-refractivity contribution >= 4 is 10.9 Å². The number of aryl methyl sites for hydroxylation is 1. The molecule has 0 saturated carbocycles. The third-order valence-corrected chi connectivity index (χ3v) is 3.24. The molecule has 0 aliphatic rings. The van der Waals surface area contributed by atoms with Gasteiger partial charge < -0.3 is 4.98 Å². The second-order valence-corrected chi connectivity index (χ2v) is 4.55. The highest BCUT2D eigenvalue weighted by Gasteiger charge is 2.08. The molecule has 2 aromatic carbocycles. The van der Waals surface area contributed by atoms with E-state index in [0.29, 0.717) is 5.52 Å². The largest absolute Gasteiger partial charge is 0.322 e. The van der Waals surface area contributed by atoms with E-state index >= 15 is 0 Å². The smallest absolute Gasteiger partial charge is 0.249 e. The molecular weight excluding hydrogens is 241 g/mol. The second-order valence-electron chi connectivity index (χ2n) is 4.55. The zero-order valence-electron chi connectivity index (χ0n) is 10.4. The van der Waals surface area contributed by atoms with Gasteiger partial charge in [0.1, 0.15) is 5.82 Å². The van der Waals surface area contributed by atoms with Crippen molar-refractivity contribution in [3.05, 3.63) is 70.3 Å². The van der Waals surface area contributed by atoms with Crippen molar-refractivity contribution in [2.75, 3.05) is 0 Å². The van der Waals surface area contributed by atoms with Gasteiger partial charge in [0.05, 0.1) is 5.52 Å². The molecule has 0 saturated heterocycles. The van der Waals surface area contributed by atoms with Gasteiger partial charge >= 0.3 is 0 Å². The van der Waals surface area contributed by atoms with Crippen molar-refractivity contribution in [1.82, 2.24) is 4.98 Å². The van der Waals surface area contributed by atoms with Crippen LogP contribution in [0.25, 0.3) is 22.0 Å². The molecule has 3 heteroatoms. The Labute approximate surface area is 109 Å². The summed E-state index contributed by atoms with van der Waals surface area (Å²) in [5, 5.41) is 0.843. The van der Waals surface area contributed by atoms with Crippen molar-refractivity contribution in [2.45, 2.75) is 6.92 Å². The van der Waals surface area contributed by atoms with Gasteiger partial charge in [-0.25, -0.2) is 4.39 Å². The van der Waals surface area contributed by atoms with Crippen molar-refractivity contribution < 1.29 is 4.39 Å². The van der Waals surface area contributed by atoms with Crippen LogP contribution in [0.1, 0.15) is 5.56 Å². The first-order valence-corrected chi connectivity index (χ1v) is 6.04. The Morgan fingerprint density at radius 2 is 1.79 bits per heavy atom. The number of rotatable bonds is 1. The van der Waals surface area contributed by atoms with Crippen molar-refractivity contribution in [1.29, 1.82) is 0 Å². The molecule has 0 aliphatic heterocycles. The van der Waals surface area contributed by atoms with Crippen molar-refractivity contribution in [3.8, 4) is 11.1 Å². The highest BCUT2D eigenvalue weighted by molar-refractivity contribution is 5.94. The number of aromatic nitrogens is 1. The lowest BCUT2D eigenvalue weighted by Gasteiger charge is -2.09. The maximum absolute atomic E-state index is 13.3. The summed E-state index contributed by atoms with van der Waals surface area (Å²) in [7, 11) is 0. The number of hydrogen-bond donors (Lipinski definition) is 1. The lowest BCUT2D eigenvalue weighted by molar-refractivity contribution is 0.629. The molecule has 19 heavy (non-hydrogen) atoms. The van der Waals surface area contributed by atoms with Gasteiger partial charge in [-0.05, 0) is 41.8 Å². The average Bonchev–Trinajstić information content (AvgIpc) is 2.38. The number of nitrogens with one attached hydrogen (secondary N) is 1. The predicted molar refractivity (Wildman–Crippen MR) is 74.7 cm³/mol. The standard InChI is InChI=1S/C16H12FNO/c1-10-4-2-3-5-12(10)14-9-16(19)18-15-8-11(17)6-7-13(14)15/h2-9H,1H3,(H,18,19). The number of benzene rings is 2. The van der Waals surface area contributed by atoms with Crippen LogP contribution >= 0.6 is 0 Å². The molecule has 0 bridgehead atoms. The maximum Gasteiger partial charge on any atom is 0.249 e. The molecule has 1 aromatic heterocycles. The summed E-state index contributed by atoms with van der Waals surface area (Å²) < 4.78 is 13.3. The monoisotopic (exact) mass is 253 g/mol. The van der Waals surface area contributed by atoms with Gasteiger partial charge in [0.25, 0.3) is 0 Å². The Balaban J connectivity index is 2.41. The van der Waals surface area contributed by atoms with Gasteiger partial charge in [0, 0.05) is 11.5 Å². The van der Waals surface area contributed by atoms with Crippen LogP contribution < -0.4 is 5.56 Å². The second kappa shape index (κ2) is 4.35. The third-order valence-electron chi connectivity index (χ3n) is 3.24. The van der Waals surface area contributed by atoms with E-state index in [1.165, 1.54) is 12.1 Å². The normalized spacial score (nSPS) is 10.8. The van der Waals surface area contributed by atoms with Gasteiger partial charge in [0.2, 0.25) is 5.56 Å². The zero-order chi connectivity index (χ0) is 13.4. The Kier molecular flexibility index (Phi) is 2.67. The van der Waals surface area contributed by atoms with Gasteiger partial charge in [-0.3, -0.25) is 4.79 Å². The van der Waals surface area contributed by atoms with Crippen molar-refractivity contribution in [2.24, 2.45) is 0 Å². The number of aromatic amines is 1. The molecule has 94 valence electrons. The number of H-pyrrole nitrogens is 1. The van der Waals surface area contributed by atoms with Crippen LogP contribution in [0.4, 0.5) is 4.39 Å². The molecule has 1 heterocycles. The molecule has 2 nitrogen and oxygen atoms in total. The Hall–Kier alpha value is -2.42. The molecule has 0 spiro atoms. The van der Waals surface area contributed by atoms with Crippen LogP contribution in [-0.4, -0.2) is 4.98 Å². The summed E-state index contributed by atoms with van der Waals surface area (Å²) in [5.41, 5.74) is 3.20. The Morgan fingerprint density at radius 1 is 1.00 bits per heavy atom. The lowest BCUT2D eigenvalue weighted by Crippen LogP contribution is -2.05. The van der Waals surface area contributed by atoms with E-state index in [2.05, 4.69) is 4.98 Å². The maximum atomic E-state index is 13.3. The van der Waals surface area contributed by atoms with Crippen LogP contribution in [0, 0.1) is 12.7 Å². The fourth-order valence-corrected chi connectivity index (χ4v) is 2.33. The Bertz CT molecular complexity index is 820. The van der Waals surface area contributed by atoms with Crippen LogP contribution in [-0.2, 0) is 0 Å². The average molecular weight is 253 g/mol. The summed E-state index contributed by atoms with van der Waals surface area (Å²) >= 11 is 0. The lowest BCUT2D eigenvalue weighted by atomic mass is 9.97. The van der Waals surface area contributed by atoms with Gasteiger partial charge in [-0.15, -0.1) is 0 Å². The first-order chi connectivity index (χ1) is 9.15. The van der Waals surface area contributed by atoms with Crippen molar-refractivity contribution in [3.63, 3.8) is 0 Å². The molecule has 0 atom stereocenters. The van der Waals surface area contributed by atoms with Crippen LogP contribution in [0.2, 0.25) is 0 Å². The number of fused-ring (bicyclic) bond motifs is 1. The quantitative estimate of drug-likeness (QED) is 0.705. The predicted octanol–water partition coefficient (Wildman–Crippen LogP) is 3.64. The molecule has 0 aliphatic carbocycles. The van der Waals surface area contributed by atoms with E-state index in [9.17, 15) is 9.18 Å². The minimum Gasteiger partial charge on any atom is -0.322 e. The molecule has 3 aromatic rings. The molecule has 1 N–H and O–H groups in total. The summed E-state index contributed by atoms with van der Waals surface area (Å²) in [5.74, 6) is -0.356. The van der Waals surface area contributed by atoms with Gasteiger partial charge in [-0.2, -0.15) is 0 Å². The van der Waals surface area contributed by atoms with E-state index in [4.69, 9.17) is 0 Å². The van der Waals surface area contributed by atoms with Crippen LogP contribution in [0.5, 0.6) is 0 Å². The van der Waals surface area contributed by atoms with Crippen LogP contribution in [0.3, 0.4) is 0 Å². The third kappa shape index (κ3) is 2.03. The van der Waals surface area contributed by atoms with Crippen LogP contribution in [0.15, 0.2) is 53.3 Å². The SMILES string of the molecule is Cc1ccccc1-c1cc(=O)[nH]c2cc(F)ccc12. The van der Waals surface area contributed by atoms with E-state index in [0.717, 1.165) is 22.1 Å². The topological polar surface area (TPSA) is 32.9 Å². The fraction of sp³-hybridized carbons (Fsp3) is 0.0625. The number of hydrogen-bond acceptors (Lipinski definition) is 1. The van der Waals surface area contributed by atoms with E-state index < -0.39 is 0 Å². The number of pyridine rings is 1. The summed E-state index contributed by atoms with van der Waals surface area (Å²) in [4.78, 5) is 14.4. The summed E-state index contributed by atoms with van der Waals surface area (Å²) in [6, 6.07) is 13.8. The first kappa shape index (κ1) is 11.7. The highest BCUT2D eigenvalue weighted by Crippen LogP contribution is 2.28. The van der Waals surface area contributed by atoms with E-state index in [-0.39, 0.29) is 11.4 Å². The van der Waals surface area contributed by atoms with Gasteiger partial charge in [0.15, 0.2) is 0 Å². The first-order valence-electron chi connectivity index (χ1n) is 6.04.